The van der Waals surface area contributed by atoms with Crippen molar-refractivity contribution in [2.45, 2.75) is 13.0 Å². The average molecular weight is 437 g/mol. The fourth-order valence-corrected chi connectivity index (χ4v) is 4.72. The molecule has 3 nitrogen and oxygen atoms in total. The second kappa shape index (κ2) is 9.41. The van der Waals surface area contributed by atoms with Crippen LogP contribution in [0.25, 0.3) is 10.2 Å². The lowest BCUT2D eigenvalue weighted by Crippen LogP contribution is -2.18. The fraction of sp³-hybridized carbons (Fsp3) is 0.167. The summed E-state index contributed by atoms with van der Waals surface area (Å²) in [7, 11) is 0. The molecule has 1 aromatic heterocycles. The van der Waals surface area contributed by atoms with Gasteiger partial charge in [0.25, 0.3) is 5.91 Å². The molecule has 0 saturated carbocycles. The Morgan fingerprint density at radius 3 is 2.50 bits per heavy atom. The topological polar surface area (TPSA) is 34.4 Å². The van der Waals surface area contributed by atoms with Crippen LogP contribution in [0.4, 0.5) is 4.39 Å². The maximum Gasteiger partial charge on any atom is 0.279 e. The van der Waals surface area contributed by atoms with Crippen molar-refractivity contribution in [1.29, 1.82) is 0 Å². The minimum Gasteiger partial charge on any atom is -0.316 e. The Morgan fingerprint density at radius 2 is 1.77 bits per heavy atom. The van der Waals surface area contributed by atoms with Gasteiger partial charge in [-0.25, -0.2) is 4.39 Å². The molecular formula is C24H21FN2OS2. The number of carbonyl (C=O) groups excluding carboxylic acids is 1. The zero-order valence-electron chi connectivity index (χ0n) is 16.5. The van der Waals surface area contributed by atoms with Gasteiger partial charge in [-0.1, -0.05) is 53.8 Å². The van der Waals surface area contributed by atoms with Crippen LogP contribution < -0.4 is 4.80 Å². The molecule has 6 heteroatoms. The molecule has 0 saturated heterocycles. The van der Waals surface area contributed by atoms with Crippen LogP contribution >= 0.6 is 23.1 Å². The number of carbonyl (C=O) groups is 1. The quantitative estimate of drug-likeness (QED) is 0.398. The standard InChI is InChI=1S/C24H21FN2OS2/c1-29-14-13-27-21-12-11-20(25)16-22(21)30-24(27)26-23(28)19-9-7-18(8-10-19)15-17-5-3-2-4-6-17/h2-12,16H,13-15H2,1H3. The summed E-state index contributed by atoms with van der Waals surface area (Å²) in [6, 6.07) is 22.5. The Bertz CT molecular complexity index is 1230. The first-order valence-electron chi connectivity index (χ1n) is 9.64. The number of benzene rings is 3. The van der Waals surface area contributed by atoms with Crippen LogP contribution in [0.1, 0.15) is 21.5 Å². The normalized spacial score (nSPS) is 11.9. The predicted octanol–water partition coefficient (Wildman–Crippen LogP) is 5.54. The van der Waals surface area contributed by atoms with Gasteiger partial charge in [-0.2, -0.15) is 16.8 Å². The minimum atomic E-state index is -0.286. The van der Waals surface area contributed by atoms with Gasteiger partial charge < -0.3 is 4.57 Å². The summed E-state index contributed by atoms with van der Waals surface area (Å²) in [5, 5.41) is 0. The van der Waals surface area contributed by atoms with Crippen LogP contribution in [0.15, 0.2) is 77.8 Å². The number of amides is 1. The summed E-state index contributed by atoms with van der Waals surface area (Å²) in [4.78, 5) is 17.8. The number of fused-ring (bicyclic) bond motifs is 1. The van der Waals surface area contributed by atoms with Crippen molar-refractivity contribution in [2.75, 3.05) is 12.0 Å². The molecule has 0 N–H and O–H groups in total. The van der Waals surface area contributed by atoms with Crippen molar-refractivity contribution in [3.63, 3.8) is 0 Å². The molecule has 0 bridgehead atoms. The lowest BCUT2D eigenvalue weighted by atomic mass is 10.0. The molecule has 1 amide bonds. The Labute approximate surface area is 182 Å². The van der Waals surface area contributed by atoms with Crippen molar-refractivity contribution in [2.24, 2.45) is 4.99 Å². The lowest BCUT2D eigenvalue weighted by molar-refractivity contribution is 0.0998. The average Bonchev–Trinajstić information content (AvgIpc) is 3.09. The third kappa shape index (κ3) is 4.71. The predicted molar refractivity (Wildman–Crippen MR) is 124 cm³/mol. The second-order valence-corrected chi connectivity index (χ2v) is 8.91. The van der Waals surface area contributed by atoms with Crippen molar-refractivity contribution >= 4 is 39.2 Å². The van der Waals surface area contributed by atoms with E-state index in [4.69, 9.17) is 0 Å². The Hall–Kier alpha value is -2.70. The van der Waals surface area contributed by atoms with Crippen molar-refractivity contribution in [3.8, 4) is 0 Å². The van der Waals surface area contributed by atoms with Crippen molar-refractivity contribution < 1.29 is 9.18 Å². The lowest BCUT2D eigenvalue weighted by Gasteiger charge is -2.04. The molecule has 4 rings (SSSR count). The number of nitrogens with zero attached hydrogens (tertiary/aromatic N) is 2. The van der Waals surface area contributed by atoms with E-state index >= 15 is 0 Å². The summed E-state index contributed by atoms with van der Waals surface area (Å²) in [6.07, 6.45) is 2.86. The summed E-state index contributed by atoms with van der Waals surface area (Å²) < 4.78 is 16.4. The highest BCUT2D eigenvalue weighted by Crippen LogP contribution is 2.19. The number of hydrogen-bond acceptors (Lipinski definition) is 3. The first-order valence-corrected chi connectivity index (χ1v) is 11.8. The molecule has 0 fully saturated rings. The molecule has 0 aliphatic carbocycles. The van der Waals surface area contributed by atoms with E-state index in [2.05, 4.69) is 17.1 Å². The van der Waals surface area contributed by atoms with Crippen LogP contribution in [0.2, 0.25) is 0 Å². The highest BCUT2D eigenvalue weighted by atomic mass is 32.2. The zero-order chi connectivity index (χ0) is 20.9. The number of thiazole rings is 1. The third-order valence-corrected chi connectivity index (χ3v) is 6.44. The van der Waals surface area contributed by atoms with Crippen molar-refractivity contribution in [3.05, 3.63) is 100 Å². The van der Waals surface area contributed by atoms with E-state index in [1.54, 1.807) is 17.8 Å². The molecule has 0 aliphatic rings. The first kappa shape index (κ1) is 20.6. The van der Waals surface area contributed by atoms with Gasteiger partial charge in [0.1, 0.15) is 5.82 Å². The van der Waals surface area contributed by atoms with Gasteiger partial charge in [-0.05, 0) is 54.1 Å². The van der Waals surface area contributed by atoms with Crippen LogP contribution in [-0.2, 0) is 13.0 Å². The largest absolute Gasteiger partial charge is 0.316 e. The fourth-order valence-electron chi connectivity index (χ4n) is 3.28. The Balaban J connectivity index is 1.62. The number of aryl methyl sites for hydroxylation is 1. The van der Waals surface area contributed by atoms with E-state index < -0.39 is 0 Å². The van der Waals surface area contributed by atoms with Crippen LogP contribution in [0.3, 0.4) is 0 Å². The van der Waals surface area contributed by atoms with E-state index in [1.165, 1.54) is 29.0 Å². The molecule has 152 valence electrons. The molecule has 0 unspecified atom stereocenters. The number of halogens is 1. The highest BCUT2D eigenvalue weighted by molar-refractivity contribution is 7.98. The van der Waals surface area contributed by atoms with Gasteiger partial charge in [0, 0.05) is 17.9 Å². The van der Waals surface area contributed by atoms with Gasteiger partial charge >= 0.3 is 0 Å². The maximum atomic E-state index is 13.6. The van der Waals surface area contributed by atoms with Crippen molar-refractivity contribution in [1.82, 2.24) is 4.57 Å². The van der Waals surface area contributed by atoms with Gasteiger partial charge in [-0.3, -0.25) is 4.79 Å². The SMILES string of the molecule is CSCCn1c(=NC(=O)c2ccc(Cc3ccccc3)cc2)sc2cc(F)ccc21. The summed E-state index contributed by atoms with van der Waals surface area (Å²) in [6.45, 7) is 0.717. The monoisotopic (exact) mass is 436 g/mol. The minimum absolute atomic E-state index is 0.285. The maximum absolute atomic E-state index is 13.6. The molecule has 0 spiro atoms. The summed E-state index contributed by atoms with van der Waals surface area (Å²) in [5.74, 6) is 0.317. The Morgan fingerprint density at radius 1 is 1.03 bits per heavy atom. The third-order valence-electron chi connectivity index (χ3n) is 4.81. The molecule has 0 atom stereocenters. The van der Waals surface area contributed by atoms with Crippen LogP contribution in [-0.4, -0.2) is 22.5 Å². The van der Waals surface area contributed by atoms with Gasteiger partial charge in [0.15, 0.2) is 4.80 Å². The van der Waals surface area contributed by atoms with Gasteiger partial charge in [-0.15, -0.1) is 0 Å². The van der Waals surface area contributed by atoms with E-state index in [0.29, 0.717) is 10.4 Å². The number of thioether (sulfide) groups is 1. The molecular weight excluding hydrogens is 415 g/mol. The number of aromatic nitrogens is 1. The van der Waals surface area contributed by atoms with E-state index in [9.17, 15) is 9.18 Å². The Kier molecular flexibility index (Phi) is 6.45. The van der Waals surface area contributed by atoms with Gasteiger partial charge in [0.05, 0.1) is 10.2 Å². The molecule has 1 heterocycles. The van der Waals surface area contributed by atoms with E-state index in [0.717, 1.165) is 34.5 Å². The molecule has 0 radical (unpaired) electrons. The smallest absolute Gasteiger partial charge is 0.279 e. The van der Waals surface area contributed by atoms with E-state index in [-0.39, 0.29) is 11.7 Å². The highest BCUT2D eigenvalue weighted by Gasteiger charge is 2.10. The number of rotatable bonds is 6. The molecule has 30 heavy (non-hydrogen) atoms. The first-order chi connectivity index (χ1) is 14.6. The van der Waals surface area contributed by atoms with Crippen LogP contribution in [0.5, 0.6) is 0 Å². The summed E-state index contributed by atoms with van der Waals surface area (Å²) >= 11 is 3.06. The van der Waals surface area contributed by atoms with E-state index in [1.807, 2.05) is 53.3 Å². The van der Waals surface area contributed by atoms with Gasteiger partial charge in [0.2, 0.25) is 0 Å². The molecule has 4 aromatic rings. The molecule has 0 aliphatic heterocycles. The zero-order valence-corrected chi connectivity index (χ0v) is 18.2. The van der Waals surface area contributed by atoms with Crippen LogP contribution in [0, 0.1) is 5.82 Å². The number of hydrogen-bond donors (Lipinski definition) is 0. The second-order valence-electron chi connectivity index (χ2n) is 6.92. The summed E-state index contributed by atoms with van der Waals surface area (Å²) in [5.41, 5.74) is 3.82. The molecule has 3 aromatic carbocycles.